The van der Waals surface area contributed by atoms with Crippen LogP contribution in [0.25, 0.3) is 16.8 Å². The SMILES string of the molecule is COc1ccc(-c2cc3c(n(-c4ccccc4)c2=O)NC(S(C)=O)N=C3)cc1. The van der Waals surface area contributed by atoms with Crippen molar-refractivity contribution >= 4 is 22.8 Å². The zero-order chi connectivity index (χ0) is 19.7. The number of methoxy groups -OCH3 is 1. The Bertz CT molecular complexity index is 1120. The van der Waals surface area contributed by atoms with Gasteiger partial charge in [0.2, 0.25) is 0 Å². The quantitative estimate of drug-likeness (QED) is 0.740. The van der Waals surface area contributed by atoms with E-state index in [9.17, 15) is 9.00 Å². The van der Waals surface area contributed by atoms with Gasteiger partial charge in [0.15, 0.2) is 5.50 Å². The smallest absolute Gasteiger partial charge is 0.264 e. The summed E-state index contributed by atoms with van der Waals surface area (Å²) in [4.78, 5) is 17.8. The summed E-state index contributed by atoms with van der Waals surface area (Å²) in [5.74, 6) is 1.31. The van der Waals surface area contributed by atoms with Gasteiger partial charge in [-0.05, 0) is 35.9 Å². The predicted molar refractivity (Wildman–Crippen MR) is 113 cm³/mol. The zero-order valence-electron chi connectivity index (χ0n) is 15.5. The van der Waals surface area contributed by atoms with E-state index >= 15 is 0 Å². The molecular weight excluding hydrogens is 374 g/mol. The number of nitrogens with one attached hydrogen (secondary N) is 1. The van der Waals surface area contributed by atoms with Gasteiger partial charge in [-0.3, -0.25) is 18.6 Å². The minimum Gasteiger partial charge on any atom is -0.497 e. The van der Waals surface area contributed by atoms with Gasteiger partial charge in [0.1, 0.15) is 11.6 Å². The van der Waals surface area contributed by atoms with Crippen molar-refractivity contribution in [2.75, 3.05) is 18.7 Å². The van der Waals surface area contributed by atoms with Crippen LogP contribution in [0.3, 0.4) is 0 Å². The van der Waals surface area contributed by atoms with E-state index in [-0.39, 0.29) is 5.56 Å². The standard InChI is InChI=1S/C21H19N3O3S/c1-27-17-10-8-14(9-11-17)18-12-15-13-22-21(28(2)26)23-19(15)24(20(18)25)16-6-4-3-5-7-16/h3-13,21,23H,1-2H3. The lowest BCUT2D eigenvalue weighted by molar-refractivity contribution is 0.415. The maximum absolute atomic E-state index is 13.4. The summed E-state index contributed by atoms with van der Waals surface area (Å²) < 4.78 is 18.7. The minimum atomic E-state index is -1.21. The van der Waals surface area contributed by atoms with Crippen LogP contribution in [0.4, 0.5) is 5.82 Å². The first-order valence-electron chi connectivity index (χ1n) is 8.70. The number of rotatable bonds is 4. The highest BCUT2D eigenvalue weighted by Gasteiger charge is 2.23. The van der Waals surface area contributed by atoms with Crippen molar-refractivity contribution < 1.29 is 8.95 Å². The van der Waals surface area contributed by atoms with E-state index in [0.717, 1.165) is 22.6 Å². The molecule has 2 aromatic carbocycles. The normalized spacial score (nSPS) is 16.1. The second kappa shape index (κ2) is 7.44. The van der Waals surface area contributed by atoms with E-state index in [1.807, 2.05) is 60.7 Å². The summed E-state index contributed by atoms with van der Waals surface area (Å²) in [6.45, 7) is 0. The van der Waals surface area contributed by atoms with Crippen molar-refractivity contribution in [1.82, 2.24) is 4.57 Å². The average molecular weight is 393 g/mol. The molecule has 4 rings (SSSR count). The Morgan fingerprint density at radius 3 is 2.46 bits per heavy atom. The van der Waals surface area contributed by atoms with Crippen LogP contribution in [0.5, 0.6) is 5.75 Å². The van der Waals surface area contributed by atoms with Gasteiger partial charge in [0.25, 0.3) is 5.56 Å². The van der Waals surface area contributed by atoms with Crippen LogP contribution in [0.1, 0.15) is 5.56 Å². The van der Waals surface area contributed by atoms with E-state index in [1.165, 1.54) is 0 Å². The predicted octanol–water partition coefficient (Wildman–Crippen LogP) is 3.02. The highest BCUT2D eigenvalue weighted by atomic mass is 32.2. The van der Waals surface area contributed by atoms with Gasteiger partial charge >= 0.3 is 0 Å². The molecule has 0 saturated carbocycles. The molecule has 7 heteroatoms. The number of fused-ring (bicyclic) bond motifs is 1. The largest absolute Gasteiger partial charge is 0.497 e. The molecule has 1 aromatic heterocycles. The third-order valence-corrected chi connectivity index (χ3v) is 5.44. The molecule has 0 bridgehead atoms. The summed E-state index contributed by atoms with van der Waals surface area (Å²) in [7, 11) is 0.390. The number of aromatic nitrogens is 1. The minimum absolute atomic E-state index is 0.168. The van der Waals surface area contributed by atoms with Crippen LogP contribution in [0, 0.1) is 0 Å². The molecule has 0 saturated heterocycles. The average Bonchev–Trinajstić information content (AvgIpc) is 2.73. The first-order valence-corrected chi connectivity index (χ1v) is 10.3. The fraction of sp³-hybridized carbons (Fsp3) is 0.143. The third kappa shape index (κ3) is 3.25. The monoisotopic (exact) mass is 393 g/mol. The second-order valence-corrected chi connectivity index (χ2v) is 7.78. The molecule has 28 heavy (non-hydrogen) atoms. The maximum Gasteiger partial charge on any atom is 0.264 e. The van der Waals surface area contributed by atoms with Gasteiger partial charge in [0, 0.05) is 23.6 Å². The van der Waals surface area contributed by atoms with Crippen molar-refractivity contribution in [3.05, 3.63) is 76.6 Å². The van der Waals surface area contributed by atoms with E-state index in [0.29, 0.717) is 11.4 Å². The Labute approximate surface area is 165 Å². The summed E-state index contributed by atoms with van der Waals surface area (Å²) >= 11 is 0. The van der Waals surface area contributed by atoms with Gasteiger partial charge in [-0.2, -0.15) is 0 Å². The summed E-state index contributed by atoms with van der Waals surface area (Å²) in [6.07, 6.45) is 3.25. The number of ether oxygens (including phenoxy) is 1. The van der Waals surface area contributed by atoms with E-state index in [1.54, 1.807) is 24.1 Å². The van der Waals surface area contributed by atoms with Crippen molar-refractivity contribution in [3.8, 4) is 22.6 Å². The van der Waals surface area contributed by atoms with Crippen LogP contribution >= 0.6 is 0 Å². The lowest BCUT2D eigenvalue weighted by Gasteiger charge is -2.24. The summed E-state index contributed by atoms with van der Waals surface area (Å²) in [5.41, 5.74) is 2.06. The second-order valence-electron chi connectivity index (χ2n) is 6.34. The molecule has 1 aliphatic rings. The molecule has 142 valence electrons. The number of hydrogen-bond donors (Lipinski definition) is 1. The molecule has 0 amide bonds. The van der Waals surface area contributed by atoms with Crippen LogP contribution in [-0.4, -0.2) is 33.9 Å². The van der Waals surface area contributed by atoms with Crippen LogP contribution < -0.4 is 15.6 Å². The molecule has 0 radical (unpaired) electrons. The summed E-state index contributed by atoms with van der Waals surface area (Å²) in [6, 6.07) is 18.5. The molecule has 0 fully saturated rings. The van der Waals surface area contributed by atoms with Crippen molar-refractivity contribution in [2.45, 2.75) is 5.50 Å². The Balaban J connectivity index is 1.96. The molecular formula is C21H19N3O3S. The lowest BCUT2D eigenvalue weighted by atomic mass is 10.0. The molecule has 1 aliphatic heterocycles. The van der Waals surface area contributed by atoms with Crippen molar-refractivity contribution in [3.63, 3.8) is 0 Å². The number of nitrogens with zero attached hydrogens (tertiary/aromatic N) is 2. The van der Waals surface area contributed by atoms with Gasteiger partial charge in [-0.1, -0.05) is 30.3 Å². The molecule has 6 nitrogen and oxygen atoms in total. The van der Waals surface area contributed by atoms with Crippen molar-refractivity contribution in [1.29, 1.82) is 0 Å². The van der Waals surface area contributed by atoms with Gasteiger partial charge in [0.05, 0.1) is 23.6 Å². The fourth-order valence-corrected chi connectivity index (χ4v) is 3.66. The van der Waals surface area contributed by atoms with Crippen LogP contribution in [0.2, 0.25) is 0 Å². The molecule has 2 heterocycles. The molecule has 2 atom stereocenters. The van der Waals surface area contributed by atoms with Gasteiger partial charge < -0.3 is 10.1 Å². The Kier molecular flexibility index (Phi) is 4.83. The molecule has 3 aromatic rings. The van der Waals surface area contributed by atoms with E-state index < -0.39 is 16.3 Å². The van der Waals surface area contributed by atoms with E-state index in [4.69, 9.17) is 4.74 Å². The molecule has 1 N–H and O–H groups in total. The summed E-state index contributed by atoms with van der Waals surface area (Å²) in [5, 5.41) is 3.15. The fourth-order valence-electron chi connectivity index (χ4n) is 3.15. The molecule has 0 spiro atoms. The third-order valence-electron chi connectivity index (χ3n) is 4.57. The zero-order valence-corrected chi connectivity index (χ0v) is 16.3. The Morgan fingerprint density at radius 1 is 1.11 bits per heavy atom. The lowest BCUT2D eigenvalue weighted by Crippen LogP contribution is -2.32. The number of hydrogen-bond acceptors (Lipinski definition) is 5. The number of aliphatic imine (C=N–C) groups is 1. The Morgan fingerprint density at radius 2 is 1.82 bits per heavy atom. The topological polar surface area (TPSA) is 72.7 Å². The van der Waals surface area contributed by atoms with Crippen molar-refractivity contribution in [2.24, 2.45) is 4.99 Å². The first kappa shape index (κ1) is 18.2. The highest BCUT2D eigenvalue weighted by Crippen LogP contribution is 2.27. The van der Waals surface area contributed by atoms with Crippen LogP contribution in [-0.2, 0) is 10.8 Å². The number of benzene rings is 2. The number of para-hydroxylation sites is 1. The van der Waals surface area contributed by atoms with E-state index in [2.05, 4.69) is 10.3 Å². The van der Waals surface area contributed by atoms with Crippen LogP contribution in [0.15, 0.2) is 70.5 Å². The Hall–Kier alpha value is -3.19. The number of anilines is 1. The molecule has 2 unspecified atom stereocenters. The first-order chi connectivity index (χ1) is 13.6. The van der Waals surface area contributed by atoms with Gasteiger partial charge in [-0.25, -0.2) is 0 Å². The maximum atomic E-state index is 13.4. The highest BCUT2D eigenvalue weighted by molar-refractivity contribution is 7.85. The van der Waals surface area contributed by atoms with Gasteiger partial charge in [-0.15, -0.1) is 0 Å². The molecule has 0 aliphatic carbocycles. The number of pyridine rings is 1.